The van der Waals surface area contributed by atoms with E-state index in [1.165, 1.54) is 11.0 Å². The first-order valence-electron chi connectivity index (χ1n) is 6.27. The van der Waals surface area contributed by atoms with Crippen LogP contribution in [-0.4, -0.2) is 18.2 Å². The molecule has 0 radical (unpaired) electrons. The second-order valence-electron chi connectivity index (χ2n) is 4.92. The van der Waals surface area contributed by atoms with Gasteiger partial charge >= 0.3 is 0 Å². The number of carbonyl (C=O) groups excluding carboxylic acids is 1. The van der Waals surface area contributed by atoms with E-state index in [-0.39, 0.29) is 17.1 Å². The third kappa shape index (κ3) is 2.69. The molecule has 1 amide bonds. The molecule has 0 saturated heterocycles. The summed E-state index contributed by atoms with van der Waals surface area (Å²) in [6.07, 6.45) is 2.58. The average molecular weight is 267 g/mol. The molecule has 1 fully saturated rings. The van der Waals surface area contributed by atoms with Gasteiger partial charge in [-0.05, 0) is 43.1 Å². The van der Waals surface area contributed by atoms with E-state index in [1.807, 2.05) is 6.92 Å². The number of benzene rings is 1. The van der Waals surface area contributed by atoms with Gasteiger partial charge in [-0.15, -0.1) is 0 Å². The third-order valence-electron chi connectivity index (χ3n) is 3.58. The molecule has 18 heavy (non-hydrogen) atoms. The smallest absolute Gasteiger partial charge is 0.227 e. The quantitative estimate of drug-likeness (QED) is 0.812. The molecule has 0 heterocycles. The van der Waals surface area contributed by atoms with E-state index in [1.54, 1.807) is 18.2 Å². The molecule has 1 saturated carbocycles. The zero-order valence-electron chi connectivity index (χ0n) is 10.5. The van der Waals surface area contributed by atoms with Crippen molar-refractivity contribution in [2.75, 3.05) is 17.2 Å². The fourth-order valence-electron chi connectivity index (χ4n) is 2.14. The molecule has 2 rings (SSSR count). The Morgan fingerprint density at radius 3 is 2.61 bits per heavy atom. The molecule has 2 nitrogen and oxygen atoms in total. The first kappa shape index (κ1) is 13.4. The minimum atomic E-state index is -0.344. The first-order valence-corrected chi connectivity index (χ1v) is 6.91. The van der Waals surface area contributed by atoms with Gasteiger partial charge in [0.1, 0.15) is 5.82 Å². The molecule has 0 bridgehead atoms. The molecule has 0 aliphatic heterocycles. The van der Waals surface area contributed by atoms with Crippen molar-refractivity contribution in [2.24, 2.45) is 5.41 Å². The average Bonchev–Trinajstić information content (AvgIpc) is 3.13. The molecule has 0 aromatic heterocycles. The number of thiol groups is 1. The molecular formula is C14H18FNOS. The van der Waals surface area contributed by atoms with Crippen LogP contribution < -0.4 is 4.90 Å². The van der Waals surface area contributed by atoms with Crippen LogP contribution in [0.25, 0.3) is 0 Å². The van der Waals surface area contributed by atoms with Gasteiger partial charge < -0.3 is 4.90 Å². The van der Waals surface area contributed by atoms with E-state index >= 15 is 0 Å². The van der Waals surface area contributed by atoms with E-state index in [2.05, 4.69) is 12.6 Å². The Balaban J connectivity index is 2.14. The second-order valence-corrected chi connectivity index (χ2v) is 5.24. The Kier molecular flexibility index (Phi) is 3.95. The van der Waals surface area contributed by atoms with E-state index < -0.39 is 0 Å². The predicted molar refractivity (Wildman–Crippen MR) is 74.6 cm³/mol. The highest BCUT2D eigenvalue weighted by Crippen LogP contribution is 2.50. The number of anilines is 1. The Hall–Kier alpha value is -1.03. The fraction of sp³-hybridized carbons (Fsp3) is 0.500. The van der Waals surface area contributed by atoms with Gasteiger partial charge in [0.2, 0.25) is 5.91 Å². The molecule has 1 aromatic rings. The van der Waals surface area contributed by atoms with Crippen LogP contribution in [0.2, 0.25) is 0 Å². The number of nitrogens with zero attached hydrogens (tertiary/aromatic N) is 1. The molecule has 0 atom stereocenters. The van der Waals surface area contributed by atoms with Crippen LogP contribution >= 0.6 is 12.6 Å². The number of carbonyl (C=O) groups is 1. The van der Waals surface area contributed by atoms with Crippen LogP contribution in [0.15, 0.2) is 24.3 Å². The molecule has 0 N–H and O–H groups in total. The highest BCUT2D eigenvalue weighted by atomic mass is 32.1. The van der Waals surface area contributed by atoms with E-state index in [0.717, 1.165) is 18.6 Å². The summed E-state index contributed by atoms with van der Waals surface area (Å²) in [7, 11) is 0. The number of hydrogen-bond acceptors (Lipinski definition) is 2. The number of amides is 1. The summed E-state index contributed by atoms with van der Waals surface area (Å²) in [6.45, 7) is 2.35. The SMILES string of the molecule is CCN(C(=O)CC1(CS)CC1)c1ccccc1F. The van der Waals surface area contributed by atoms with Gasteiger partial charge in [0.25, 0.3) is 0 Å². The minimum absolute atomic E-state index is 0.00542. The standard InChI is InChI=1S/C14H18FNOS/c1-2-16(12-6-4-3-5-11(12)15)13(17)9-14(10-18)7-8-14/h3-6,18H,2,7-10H2,1H3. The maximum Gasteiger partial charge on any atom is 0.227 e. The van der Waals surface area contributed by atoms with Crippen molar-refractivity contribution in [1.82, 2.24) is 0 Å². The molecule has 0 spiro atoms. The Bertz CT molecular complexity index is 445. The van der Waals surface area contributed by atoms with Crippen molar-refractivity contribution in [3.63, 3.8) is 0 Å². The van der Waals surface area contributed by atoms with Crippen LogP contribution in [0.1, 0.15) is 26.2 Å². The van der Waals surface area contributed by atoms with Crippen LogP contribution in [0, 0.1) is 11.2 Å². The lowest BCUT2D eigenvalue weighted by atomic mass is 10.0. The predicted octanol–water partition coefficient (Wildman–Crippen LogP) is 3.28. The maximum atomic E-state index is 13.7. The monoisotopic (exact) mass is 267 g/mol. The molecule has 0 unspecified atom stereocenters. The number of para-hydroxylation sites is 1. The van der Waals surface area contributed by atoms with Crippen molar-refractivity contribution >= 4 is 24.2 Å². The first-order chi connectivity index (χ1) is 8.62. The summed E-state index contributed by atoms with van der Waals surface area (Å²) in [6, 6.07) is 6.42. The lowest BCUT2D eigenvalue weighted by Crippen LogP contribution is -2.33. The van der Waals surface area contributed by atoms with Crippen LogP contribution in [0.5, 0.6) is 0 Å². The Morgan fingerprint density at radius 1 is 1.44 bits per heavy atom. The van der Waals surface area contributed by atoms with E-state index in [0.29, 0.717) is 18.7 Å². The second kappa shape index (κ2) is 5.31. The molecule has 1 aliphatic carbocycles. The fourth-order valence-corrected chi connectivity index (χ4v) is 2.56. The van der Waals surface area contributed by atoms with Gasteiger partial charge in [-0.2, -0.15) is 12.6 Å². The van der Waals surface area contributed by atoms with E-state index in [4.69, 9.17) is 0 Å². The highest BCUT2D eigenvalue weighted by molar-refractivity contribution is 7.80. The van der Waals surface area contributed by atoms with Crippen molar-refractivity contribution in [3.8, 4) is 0 Å². The minimum Gasteiger partial charge on any atom is -0.310 e. The van der Waals surface area contributed by atoms with Crippen LogP contribution in [-0.2, 0) is 4.79 Å². The molecule has 98 valence electrons. The summed E-state index contributed by atoms with van der Waals surface area (Å²) in [5, 5.41) is 0. The van der Waals surface area contributed by atoms with Crippen molar-refractivity contribution < 1.29 is 9.18 Å². The summed E-state index contributed by atoms with van der Waals surface area (Å²) < 4.78 is 13.7. The lowest BCUT2D eigenvalue weighted by Gasteiger charge is -2.23. The third-order valence-corrected chi connectivity index (χ3v) is 4.25. The van der Waals surface area contributed by atoms with Crippen molar-refractivity contribution in [2.45, 2.75) is 26.2 Å². The Labute approximate surface area is 113 Å². The summed E-state index contributed by atoms with van der Waals surface area (Å²) in [5.74, 6) is 0.380. The van der Waals surface area contributed by atoms with Gasteiger partial charge in [0.15, 0.2) is 0 Å². The molecular weight excluding hydrogens is 249 g/mol. The zero-order valence-corrected chi connectivity index (χ0v) is 11.4. The van der Waals surface area contributed by atoms with Gasteiger partial charge in [0.05, 0.1) is 5.69 Å². The topological polar surface area (TPSA) is 20.3 Å². The van der Waals surface area contributed by atoms with E-state index in [9.17, 15) is 9.18 Å². The van der Waals surface area contributed by atoms with Gasteiger partial charge in [0, 0.05) is 13.0 Å². The molecule has 4 heteroatoms. The van der Waals surface area contributed by atoms with Crippen LogP contribution in [0.3, 0.4) is 0 Å². The van der Waals surface area contributed by atoms with Gasteiger partial charge in [-0.1, -0.05) is 12.1 Å². The molecule has 1 aliphatic rings. The zero-order chi connectivity index (χ0) is 13.2. The largest absolute Gasteiger partial charge is 0.310 e. The van der Waals surface area contributed by atoms with Gasteiger partial charge in [-0.25, -0.2) is 4.39 Å². The summed E-state index contributed by atoms with van der Waals surface area (Å²) in [5.41, 5.74) is 0.443. The summed E-state index contributed by atoms with van der Waals surface area (Å²) in [4.78, 5) is 13.8. The number of hydrogen-bond donors (Lipinski definition) is 1. The lowest BCUT2D eigenvalue weighted by molar-refractivity contribution is -0.119. The summed E-state index contributed by atoms with van der Waals surface area (Å²) >= 11 is 4.30. The highest BCUT2D eigenvalue weighted by Gasteiger charge is 2.43. The molecule has 1 aromatic carbocycles. The number of halogens is 1. The maximum absolute atomic E-state index is 13.7. The van der Waals surface area contributed by atoms with Crippen molar-refractivity contribution in [1.29, 1.82) is 0 Å². The number of rotatable bonds is 5. The Morgan fingerprint density at radius 2 is 2.11 bits per heavy atom. The van der Waals surface area contributed by atoms with Gasteiger partial charge in [-0.3, -0.25) is 4.79 Å². The van der Waals surface area contributed by atoms with Crippen molar-refractivity contribution in [3.05, 3.63) is 30.1 Å². The normalized spacial score (nSPS) is 16.4. The van der Waals surface area contributed by atoms with Crippen LogP contribution in [0.4, 0.5) is 10.1 Å².